The fraction of sp³-hybridized carbons (Fsp3) is 0.467. The fourth-order valence-corrected chi connectivity index (χ4v) is 2.03. The summed E-state index contributed by atoms with van der Waals surface area (Å²) >= 11 is 11.8. The fourth-order valence-electron chi connectivity index (χ4n) is 1.74. The first-order valence-corrected chi connectivity index (χ1v) is 7.56. The van der Waals surface area contributed by atoms with Crippen molar-refractivity contribution < 1.29 is 9.59 Å². The largest absolute Gasteiger partial charge is 0.355 e. The Labute approximate surface area is 135 Å². The second-order valence-corrected chi connectivity index (χ2v) is 6.05. The maximum Gasteiger partial charge on any atom is 0.240 e. The van der Waals surface area contributed by atoms with Crippen LogP contribution in [0.2, 0.25) is 10.0 Å². The molecule has 0 aliphatic heterocycles. The summed E-state index contributed by atoms with van der Waals surface area (Å²) in [5.74, 6) is 0.0913. The van der Waals surface area contributed by atoms with E-state index in [9.17, 15) is 9.59 Å². The van der Waals surface area contributed by atoms with E-state index >= 15 is 0 Å². The van der Waals surface area contributed by atoms with Crippen LogP contribution in [0.3, 0.4) is 0 Å². The van der Waals surface area contributed by atoms with Crippen molar-refractivity contribution in [2.24, 2.45) is 5.92 Å². The number of carbonyl (C=O) groups excluding carboxylic acids is 2. The van der Waals surface area contributed by atoms with E-state index in [0.29, 0.717) is 28.2 Å². The van der Waals surface area contributed by atoms with Crippen LogP contribution in [-0.4, -0.2) is 24.9 Å². The van der Waals surface area contributed by atoms with Crippen molar-refractivity contribution in [2.75, 3.05) is 18.0 Å². The molecule has 0 radical (unpaired) electrons. The van der Waals surface area contributed by atoms with E-state index in [1.165, 1.54) is 11.8 Å². The van der Waals surface area contributed by atoms with Gasteiger partial charge in [0.25, 0.3) is 0 Å². The standard InChI is InChI=1S/C15H20Cl2N2O2/c1-10(2)6-7-18-15(21)9-19(11(3)20)12-4-5-13(16)14(17)8-12/h4-5,8,10H,6-7,9H2,1-3H3,(H,18,21). The molecule has 0 saturated carbocycles. The molecule has 1 N–H and O–H groups in total. The van der Waals surface area contributed by atoms with Crippen molar-refractivity contribution in [2.45, 2.75) is 27.2 Å². The van der Waals surface area contributed by atoms with Gasteiger partial charge >= 0.3 is 0 Å². The zero-order chi connectivity index (χ0) is 16.0. The third-order valence-corrected chi connectivity index (χ3v) is 3.68. The third-order valence-electron chi connectivity index (χ3n) is 2.94. The van der Waals surface area contributed by atoms with Crippen molar-refractivity contribution in [1.29, 1.82) is 0 Å². The van der Waals surface area contributed by atoms with E-state index < -0.39 is 0 Å². The van der Waals surface area contributed by atoms with Gasteiger partial charge in [-0.25, -0.2) is 0 Å². The molecular weight excluding hydrogens is 311 g/mol. The van der Waals surface area contributed by atoms with E-state index in [-0.39, 0.29) is 18.4 Å². The molecule has 116 valence electrons. The van der Waals surface area contributed by atoms with Crippen LogP contribution in [0.15, 0.2) is 18.2 Å². The summed E-state index contributed by atoms with van der Waals surface area (Å²) in [7, 11) is 0. The van der Waals surface area contributed by atoms with E-state index in [2.05, 4.69) is 19.2 Å². The highest BCUT2D eigenvalue weighted by Crippen LogP contribution is 2.27. The molecule has 1 rings (SSSR count). The molecule has 0 bridgehead atoms. The lowest BCUT2D eigenvalue weighted by atomic mass is 10.1. The van der Waals surface area contributed by atoms with Gasteiger partial charge in [-0.3, -0.25) is 9.59 Å². The molecule has 0 aliphatic carbocycles. The summed E-state index contributed by atoms with van der Waals surface area (Å²) in [4.78, 5) is 25.0. The van der Waals surface area contributed by atoms with Crippen molar-refractivity contribution in [1.82, 2.24) is 5.32 Å². The van der Waals surface area contributed by atoms with Gasteiger partial charge in [0, 0.05) is 19.2 Å². The minimum atomic E-state index is -0.229. The average molecular weight is 331 g/mol. The van der Waals surface area contributed by atoms with Crippen LogP contribution in [0.4, 0.5) is 5.69 Å². The maximum atomic E-state index is 11.9. The number of hydrogen-bond acceptors (Lipinski definition) is 2. The Morgan fingerprint density at radius 2 is 1.90 bits per heavy atom. The number of anilines is 1. The third kappa shape index (κ3) is 5.94. The topological polar surface area (TPSA) is 49.4 Å². The van der Waals surface area contributed by atoms with Gasteiger partial charge in [-0.15, -0.1) is 0 Å². The number of halogens is 2. The second-order valence-electron chi connectivity index (χ2n) is 5.24. The summed E-state index contributed by atoms with van der Waals surface area (Å²) in [6.07, 6.45) is 0.901. The first kappa shape index (κ1) is 17.8. The smallest absolute Gasteiger partial charge is 0.240 e. The van der Waals surface area contributed by atoms with Crippen LogP contribution in [0.25, 0.3) is 0 Å². The van der Waals surface area contributed by atoms with E-state index in [1.807, 2.05) is 0 Å². The van der Waals surface area contributed by atoms with Crippen LogP contribution in [0.5, 0.6) is 0 Å². The molecule has 0 aromatic heterocycles. The molecule has 4 nitrogen and oxygen atoms in total. The van der Waals surface area contributed by atoms with Crippen molar-refractivity contribution in [3.63, 3.8) is 0 Å². The molecule has 0 atom stereocenters. The Kier molecular flexibility index (Phi) is 6.99. The normalized spacial score (nSPS) is 10.6. The van der Waals surface area contributed by atoms with E-state index in [0.717, 1.165) is 6.42 Å². The summed E-state index contributed by atoms with van der Waals surface area (Å²) in [5, 5.41) is 3.56. The van der Waals surface area contributed by atoms with Crippen molar-refractivity contribution in [3.05, 3.63) is 28.2 Å². The molecule has 0 heterocycles. The Balaban J connectivity index is 2.71. The number of nitrogens with zero attached hydrogens (tertiary/aromatic N) is 1. The summed E-state index contributed by atoms with van der Waals surface area (Å²) in [5.41, 5.74) is 0.552. The van der Waals surface area contributed by atoms with Crippen LogP contribution in [0.1, 0.15) is 27.2 Å². The Bertz CT molecular complexity index is 518. The highest BCUT2D eigenvalue weighted by Gasteiger charge is 2.16. The molecular formula is C15H20Cl2N2O2. The zero-order valence-electron chi connectivity index (χ0n) is 12.5. The lowest BCUT2D eigenvalue weighted by molar-refractivity contribution is -0.123. The van der Waals surface area contributed by atoms with E-state index in [1.54, 1.807) is 18.2 Å². The number of amides is 2. The van der Waals surface area contributed by atoms with Crippen LogP contribution in [0, 0.1) is 5.92 Å². The van der Waals surface area contributed by atoms with Gasteiger partial charge in [0.1, 0.15) is 6.54 Å². The number of nitrogens with one attached hydrogen (secondary N) is 1. The van der Waals surface area contributed by atoms with Gasteiger partial charge in [-0.1, -0.05) is 37.0 Å². The SMILES string of the molecule is CC(=O)N(CC(=O)NCCC(C)C)c1ccc(Cl)c(Cl)c1. The van der Waals surface area contributed by atoms with Gasteiger partial charge in [0.15, 0.2) is 0 Å². The lowest BCUT2D eigenvalue weighted by Crippen LogP contribution is -2.40. The first-order chi connectivity index (χ1) is 9.81. The molecule has 0 unspecified atom stereocenters. The molecule has 0 fully saturated rings. The predicted molar refractivity (Wildman–Crippen MR) is 87.0 cm³/mol. The highest BCUT2D eigenvalue weighted by atomic mass is 35.5. The molecule has 6 heteroatoms. The minimum absolute atomic E-state index is 0.0363. The number of hydrogen-bond donors (Lipinski definition) is 1. The minimum Gasteiger partial charge on any atom is -0.355 e. The molecule has 0 aliphatic rings. The molecule has 2 amide bonds. The van der Waals surface area contributed by atoms with Crippen LogP contribution < -0.4 is 10.2 Å². The summed E-state index contributed by atoms with van der Waals surface area (Å²) in [6, 6.07) is 4.84. The van der Waals surface area contributed by atoms with Crippen LogP contribution >= 0.6 is 23.2 Å². The van der Waals surface area contributed by atoms with Gasteiger partial charge in [0.2, 0.25) is 11.8 Å². The van der Waals surface area contributed by atoms with Crippen molar-refractivity contribution in [3.8, 4) is 0 Å². The number of benzene rings is 1. The summed E-state index contributed by atoms with van der Waals surface area (Å²) < 4.78 is 0. The number of rotatable bonds is 6. The Morgan fingerprint density at radius 1 is 1.24 bits per heavy atom. The molecule has 0 spiro atoms. The Morgan fingerprint density at radius 3 is 2.43 bits per heavy atom. The quantitative estimate of drug-likeness (QED) is 0.867. The Hall–Kier alpha value is -1.26. The second kappa shape index (κ2) is 8.25. The van der Waals surface area contributed by atoms with Crippen molar-refractivity contribution >= 4 is 40.7 Å². The van der Waals surface area contributed by atoms with Gasteiger partial charge in [-0.2, -0.15) is 0 Å². The highest BCUT2D eigenvalue weighted by molar-refractivity contribution is 6.42. The molecule has 21 heavy (non-hydrogen) atoms. The van der Waals surface area contributed by atoms with Crippen LogP contribution in [-0.2, 0) is 9.59 Å². The first-order valence-electron chi connectivity index (χ1n) is 6.81. The van der Waals surface area contributed by atoms with Gasteiger partial charge < -0.3 is 10.2 Å². The predicted octanol–water partition coefficient (Wildman–Crippen LogP) is 3.51. The zero-order valence-corrected chi connectivity index (χ0v) is 14.0. The van der Waals surface area contributed by atoms with E-state index in [4.69, 9.17) is 23.2 Å². The lowest BCUT2D eigenvalue weighted by Gasteiger charge is -2.21. The molecule has 1 aromatic carbocycles. The summed E-state index contributed by atoms with van der Waals surface area (Å²) in [6.45, 7) is 6.15. The molecule has 0 saturated heterocycles. The van der Waals surface area contributed by atoms with Gasteiger partial charge in [0.05, 0.1) is 10.0 Å². The monoisotopic (exact) mass is 330 g/mol. The van der Waals surface area contributed by atoms with Gasteiger partial charge in [-0.05, 0) is 30.5 Å². The average Bonchev–Trinajstić information content (AvgIpc) is 2.38. The maximum absolute atomic E-state index is 11.9. The number of carbonyl (C=O) groups is 2. The molecule has 1 aromatic rings.